The first-order valence-electron chi connectivity index (χ1n) is 13.0. The minimum Gasteiger partial charge on any atom is -0.496 e. The molecule has 4 aromatic rings. The third-order valence-corrected chi connectivity index (χ3v) is 6.58. The Labute approximate surface area is 229 Å². The van der Waals surface area contributed by atoms with Gasteiger partial charge in [0.2, 0.25) is 5.91 Å². The fraction of sp³-hybridized carbons (Fsp3) is 0.290. The minimum absolute atomic E-state index is 0.0800. The van der Waals surface area contributed by atoms with Crippen LogP contribution < -0.4 is 9.47 Å². The number of H-pyrrole nitrogens is 1. The molecule has 8 nitrogen and oxygen atoms in total. The number of para-hydroxylation sites is 3. The van der Waals surface area contributed by atoms with Crippen LogP contribution >= 0.6 is 0 Å². The van der Waals surface area contributed by atoms with Gasteiger partial charge in [0.05, 0.1) is 20.3 Å². The number of hydrogen-bond donors (Lipinski definition) is 1. The number of benzene rings is 3. The maximum Gasteiger partial charge on any atom is 0.261 e. The Kier molecular flexibility index (Phi) is 9.97. The van der Waals surface area contributed by atoms with E-state index >= 15 is 0 Å². The molecule has 0 aliphatic rings. The zero-order chi connectivity index (χ0) is 27.5. The van der Waals surface area contributed by atoms with E-state index in [1.807, 2.05) is 66.9 Å². The lowest BCUT2D eigenvalue weighted by Crippen LogP contribution is -2.46. The molecule has 1 heterocycles. The maximum absolute atomic E-state index is 13.7. The van der Waals surface area contributed by atoms with Gasteiger partial charge in [0.1, 0.15) is 11.5 Å². The number of carbonyl (C=O) groups is 2. The maximum atomic E-state index is 13.7. The second kappa shape index (κ2) is 14.0. The highest BCUT2D eigenvalue weighted by Crippen LogP contribution is 2.22. The summed E-state index contributed by atoms with van der Waals surface area (Å²) in [5, 5.41) is 1.14. The van der Waals surface area contributed by atoms with Gasteiger partial charge in [-0.3, -0.25) is 9.59 Å². The Morgan fingerprint density at radius 3 is 2.33 bits per heavy atom. The zero-order valence-electron chi connectivity index (χ0n) is 22.5. The van der Waals surface area contributed by atoms with E-state index in [0.717, 1.165) is 22.0 Å². The lowest BCUT2D eigenvalue weighted by Gasteiger charge is -2.28. The highest BCUT2D eigenvalue weighted by molar-refractivity contribution is 5.86. The van der Waals surface area contributed by atoms with Crippen molar-refractivity contribution < 1.29 is 23.8 Å². The number of hydrogen-bond acceptors (Lipinski definition) is 5. The van der Waals surface area contributed by atoms with E-state index in [1.54, 1.807) is 31.3 Å². The number of aromatic nitrogens is 1. The number of ether oxygens (including phenoxy) is 3. The summed E-state index contributed by atoms with van der Waals surface area (Å²) < 4.78 is 16.4. The van der Waals surface area contributed by atoms with E-state index in [4.69, 9.17) is 14.2 Å². The van der Waals surface area contributed by atoms with Gasteiger partial charge >= 0.3 is 0 Å². The Morgan fingerprint density at radius 1 is 0.795 bits per heavy atom. The van der Waals surface area contributed by atoms with Gasteiger partial charge in [-0.1, -0.05) is 54.6 Å². The molecule has 0 saturated carbocycles. The Bertz CT molecular complexity index is 1350. The Morgan fingerprint density at radius 2 is 1.54 bits per heavy atom. The average Bonchev–Trinajstić information content (AvgIpc) is 3.39. The van der Waals surface area contributed by atoms with E-state index < -0.39 is 0 Å². The number of methoxy groups -OCH3 is 2. The van der Waals surface area contributed by atoms with Crippen molar-refractivity contribution in [1.82, 2.24) is 14.8 Å². The first-order valence-corrected chi connectivity index (χ1v) is 13.0. The van der Waals surface area contributed by atoms with Crippen LogP contribution in [-0.4, -0.2) is 73.7 Å². The molecular formula is C31H35N3O5. The number of amides is 2. The Balaban J connectivity index is 1.50. The second-order valence-corrected chi connectivity index (χ2v) is 9.15. The van der Waals surface area contributed by atoms with E-state index in [0.29, 0.717) is 37.6 Å². The van der Waals surface area contributed by atoms with Gasteiger partial charge in [0, 0.05) is 49.4 Å². The molecular weight excluding hydrogens is 494 g/mol. The van der Waals surface area contributed by atoms with E-state index in [9.17, 15) is 9.59 Å². The predicted molar refractivity (Wildman–Crippen MR) is 151 cm³/mol. The fourth-order valence-electron chi connectivity index (χ4n) is 4.43. The molecule has 0 aliphatic carbocycles. The molecule has 0 saturated heterocycles. The number of rotatable bonds is 14. The molecule has 0 bridgehead atoms. The van der Waals surface area contributed by atoms with Crippen LogP contribution in [0.2, 0.25) is 0 Å². The summed E-state index contributed by atoms with van der Waals surface area (Å²) in [6.07, 6.45) is 2.65. The number of fused-ring (bicyclic) bond motifs is 1. The lowest BCUT2D eigenvalue weighted by molar-refractivity contribution is -0.142. The molecule has 3 aromatic carbocycles. The second-order valence-electron chi connectivity index (χ2n) is 9.15. The molecule has 0 fully saturated rings. The topological polar surface area (TPSA) is 84.1 Å². The molecule has 0 unspecified atom stereocenters. The smallest absolute Gasteiger partial charge is 0.261 e. The summed E-state index contributed by atoms with van der Waals surface area (Å²) in [5.74, 6) is 0.870. The summed E-state index contributed by atoms with van der Waals surface area (Å²) in [6, 6.07) is 24.9. The van der Waals surface area contributed by atoms with E-state index in [1.165, 1.54) is 4.90 Å². The van der Waals surface area contributed by atoms with E-state index in [-0.39, 0.29) is 31.5 Å². The molecule has 8 heteroatoms. The van der Waals surface area contributed by atoms with E-state index in [2.05, 4.69) is 11.1 Å². The van der Waals surface area contributed by atoms with Crippen LogP contribution in [0.3, 0.4) is 0 Å². The van der Waals surface area contributed by atoms with Crippen molar-refractivity contribution in [2.24, 2.45) is 0 Å². The molecule has 0 aliphatic heterocycles. The number of carbonyl (C=O) groups excluding carboxylic acids is 2. The molecule has 0 atom stereocenters. The third kappa shape index (κ3) is 7.61. The van der Waals surface area contributed by atoms with Crippen LogP contribution in [0, 0.1) is 0 Å². The van der Waals surface area contributed by atoms with Gasteiger partial charge in [-0.2, -0.15) is 0 Å². The van der Waals surface area contributed by atoms with Crippen LogP contribution in [0.1, 0.15) is 11.1 Å². The van der Waals surface area contributed by atoms with Crippen LogP contribution in [0.5, 0.6) is 11.5 Å². The van der Waals surface area contributed by atoms with Crippen molar-refractivity contribution in [2.45, 2.75) is 13.0 Å². The monoisotopic (exact) mass is 529 g/mol. The Hall–Kier alpha value is -4.30. The largest absolute Gasteiger partial charge is 0.496 e. The lowest BCUT2D eigenvalue weighted by atomic mass is 10.1. The van der Waals surface area contributed by atoms with Gasteiger partial charge in [-0.15, -0.1) is 0 Å². The van der Waals surface area contributed by atoms with Crippen molar-refractivity contribution in [3.63, 3.8) is 0 Å². The van der Waals surface area contributed by atoms with Crippen LogP contribution in [0.25, 0.3) is 10.9 Å². The minimum atomic E-state index is -0.280. The van der Waals surface area contributed by atoms with Crippen molar-refractivity contribution in [3.05, 3.63) is 96.2 Å². The normalized spacial score (nSPS) is 10.8. The summed E-state index contributed by atoms with van der Waals surface area (Å²) in [4.78, 5) is 33.4. The average molecular weight is 530 g/mol. The highest BCUT2D eigenvalue weighted by Gasteiger charge is 2.23. The van der Waals surface area contributed by atoms with Crippen molar-refractivity contribution in [2.75, 3.05) is 47.1 Å². The summed E-state index contributed by atoms with van der Waals surface area (Å²) in [5.41, 5.74) is 3.09. The third-order valence-electron chi connectivity index (χ3n) is 6.58. The SMILES string of the molecule is COCCN(CC(=O)N(CCc1c[nH]c2ccccc12)Cc1ccccc1OC)C(=O)COc1ccccc1. The number of aromatic amines is 1. The van der Waals surface area contributed by atoms with Crippen molar-refractivity contribution in [3.8, 4) is 11.5 Å². The summed E-state index contributed by atoms with van der Waals surface area (Å²) in [7, 11) is 3.19. The predicted octanol–water partition coefficient (Wildman–Crippen LogP) is 4.30. The van der Waals surface area contributed by atoms with Gasteiger partial charge < -0.3 is 29.0 Å². The number of nitrogens with one attached hydrogen (secondary N) is 1. The first kappa shape index (κ1) is 27.7. The molecule has 0 radical (unpaired) electrons. The number of nitrogens with zero attached hydrogens (tertiary/aromatic N) is 2. The molecule has 4 rings (SSSR count). The molecule has 1 N–H and O–H groups in total. The van der Waals surface area contributed by atoms with Gasteiger partial charge in [-0.25, -0.2) is 0 Å². The van der Waals surface area contributed by atoms with Gasteiger partial charge in [0.25, 0.3) is 5.91 Å². The fourth-order valence-corrected chi connectivity index (χ4v) is 4.43. The van der Waals surface area contributed by atoms with Crippen LogP contribution in [-0.2, 0) is 27.3 Å². The molecule has 2 amide bonds. The summed E-state index contributed by atoms with van der Waals surface area (Å²) in [6.45, 7) is 1.19. The summed E-state index contributed by atoms with van der Waals surface area (Å²) >= 11 is 0. The first-order chi connectivity index (χ1) is 19.1. The van der Waals surface area contributed by atoms with Gasteiger partial charge in [0.15, 0.2) is 6.61 Å². The van der Waals surface area contributed by atoms with Crippen molar-refractivity contribution in [1.29, 1.82) is 0 Å². The molecule has 1 aromatic heterocycles. The molecule has 0 spiro atoms. The highest BCUT2D eigenvalue weighted by atomic mass is 16.5. The van der Waals surface area contributed by atoms with Gasteiger partial charge in [-0.05, 0) is 36.2 Å². The molecule has 39 heavy (non-hydrogen) atoms. The van der Waals surface area contributed by atoms with Crippen molar-refractivity contribution >= 4 is 22.7 Å². The van der Waals surface area contributed by atoms with Crippen LogP contribution in [0.15, 0.2) is 85.1 Å². The standard InChI is InChI=1S/C31H35N3O5/c1-37-19-18-34(31(36)23-39-26-11-4-3-5-12-26)22-30(35)33(21-25-10-6-9-15-29(25)38-2)17-16-24-20-32-28-14-8-7-13-27(24)28/h3-15,20,32H,16-19,21-23H2,1-2H3. The zero-order valence-corrected chi connectivity index (χ0v) is 22.5. The van der Waals surface area contributed by atoms with Crippen LogP contribution in [0.4, 0.5) is 0 Å². The molecule has 204 valence electrons. The quantitative estimate of drug-likeness (QED) is 0.263.